The fourth-order valence-electron chi connectivity index (χ4n) is 3.58. The Bertz CT molecular complexity index is 498. The van der Waals surface area contributed by atoms with E-state index in [4.69, 9.17) is 0 Å². The molecule has 0 unspecified atom stereocenters. The van der Waals surface area contributed by atoms with E-state index in [0.717, 1.165) is 24.8 Å². The Hall–Kier alpha value is -1.90. The largest absolute Gasteiger partial charge is 0.354 e. The summed E-state index contributed by atoms with van der Waals surface area (Å²) in [6.07, 6.45) is 8.02. The van der Waals surface area contributed by atoms with Crippen LogP contribution in [0.1, 0.15) is 24.3 Å². The number of anilines is 1. The SMILES string of the molecule is c1ccc(C2CC3(C2)CN(c2cnccn2)C3)cc1. The molecule has 1 saturated heterocycles. The van der Waals surface area contributed by atoms with Gasteiger partial charge in [-0.1, -0.05) is 30.3 Å². The van der Waals surface area contributed by atoms with Crippen LogP contribution in [0.4, 0.5) is 5.82 Å². The number of aromatic nitrogens is 2. The Morgan fingerprint density at radius 3 is 2.53 bits per heavy atom. The Morgan fingerprint density at radius 1 is 1.05 bits per heavy atom. The van der Waals surface area contributed by atoms with Gasteiger partial charge in [-0.25, -0.2) is 4.98 Å². The predicted molar refractivity (Wildman–Crippen MR) is 75.1 cm³/mol. The molecule has 2 fully saturated rings. The molecule has 96 valence electrons. The molecular formula is C16H17N3. The van der Waals surface area contributed by atoms with Gasteiger partial charge in [-0.05, 0) is 24.3 Å². The van der Waals surface area contributed by atoms with Gasteiger partial charge in [0.1, 0.15) is 5.82 Å². The molecule has 0 radical (unpaired) electrons. The van der Waals surface area contributed by atoms with Gasteiger partial charge in [0, 0.05) is 30.9 Å². The highest BCUT2D eigenvalue weighted by Crippen LogP contribution is 2.56. The summed E-state index contributed by atoms with van der Waals surface area (Å²) in [5, 5.41) is 0. The van der Waals surface area contributed by atoms with Gasteiger partial charge in [-0.2, -0.15) is 0 Å². The van der Waals surface area contributed by atoms with Crippen LogP contribution in [0.25, 0.3) is 0 Å². The van der Waals surface area contributed by atoms with Crippen molar-refractivity contribution >= 4 is 5.82 Å². The number of rotatable bonds is 2. The van der Waals surface area contributed by atoms with E-state index in [-0.39, 0.29) is 0 Å². The number of hydrogen-bond donors (Lipinski definition) is 0. The highest BCUT2D eigenvalue weighted by molar-refractivity contribution is 5.42. The van der Waals surface area contributed by atoms with Crippen molar-refractivity contribution in [2.45, 2.75) is 18.8 Å². The number of benzene rings is 1. The first-order chi connectivity index (χ1) is 9.35. The lowest BCUT2D eigenvalue weighted by atomic mass is 9.56. The van der Waals surface area contributed by atoms with Crippen molar-refractivity contribution in [1.29, 1.82) is 0 Å². The van der Waals surface area contributed by atoms with Gasteiger partial charge in [0.15, 0.2) is 0 Å². The minimum atomic E-state index is 0.554. The third kappa shape index (κ3) is 1.81. The summed E-state index contributed by atoms with van der Waals surface area (Å²) in [6.45, 7) is 2.30. The number of hydrogen-bond acceptors (Lipinski definition) is 3. The lowest BCUT2D eigenvalue weighted by Crippen LogP contribution is -2.62. The first-order valence-corrected chi connectivity index (χ1v) is 6.91. The Morgan fingerprint density at radius 2 is 1.84 bits per heavy atom. The van der Waals surface area contributed by atoms with Crippen LogP contribution in [0.15, 0.2) is 48.9 Å². The van der Waals surface area contributed by atoms with Crippen molar-refractivity contribution in [3.63, 3.8) is 0 Å². The predicted octanol–water partition coefficient (Wildman–Crippen LogP) is 2.86. The molecule has 1 aromatic carbocycles. The van der Waals surface area contributed by atoms with Crippen molar-refractivity contribution in [3.05, 3.63) is 54.5 Å². The molecule has 3 heteroatoms. The summed E-state index contributed by atoms with van der Waals surface area (Å²) in [4.78, 5) is 10.8. The molecule has 2 heterocycles. The van der Waals surface area contributed by atoms with Crippen LogP contribution < -0.4 is 4.90 Å². The van der Waals surface area contributed by atoms with Gasteiger partial charge in [0.25, 0.3) is 0 Å². The van der Waals surface area contributed by atoms with Gasteiger partial charge in [-0.3, -0.25) is 4.98 Å². The smallest absolute Gasteiger partial charge is 0.147 e. The van der Waals surface area contributed by atoms with Gasteiger partial charge < -0.3 is 4.90 Å². The molecule has 0 amide bonds. The lowest BCUT2D eigenvalue weighted by Gasteiger charge is -2.59. The van der Waals surface area contributed by atoms with E-state index in [2.05, 4.69) is 45.2 Å². The zero-order chi connectivity index (χ0) is 12.7. The highest BCUT2D eigenvalue weighted by atomic mass is 15.3. The quantitative estimate of drug-likeness (QED) is 0.822. The van der Waals surface area contributed by atoms with E-state index in [1.54, 1.807) is 12.4 Å². The first-order valence-electron chi connectivity index (χ1n) is 6.91. The van der Waals surface area contributed by atoms with E-state index in [1.165, 1.54) is 18.4 Å². The van der Waals surface area contributed by atoms with Crippen molar-refractivity contribution in [1.82, 2.24) is 9.97 Å². The van der Waals surface area contributed by atoms with Crippen LogP contribution in [0.3, 0.4) is 0 Å². The fourth-order valence-corrected chi connectivity index (χ4v) is 3.58. The van der Waals surface area contributed by atoms with E-state index >= 15 is 0 Å². The van der Waals surface area contributed by atoms with Crippen LogP contribution in [0.2, 0.25) is 0 Å². The average Bonchev–Trinajstić information content (AvgIpc) is 2.38. The molecule has 1 aliphatic heterocycles. The summed E-state index contributed by atoms with van der Waals surface area (Å²) in [7, 11) is 0. The summed E-state index contributed by atoms with van der Waals surface area (Å²) in [6, 6.07) is 10.9. The zero-order valence-electron chi connectivity index (χ0n) is 10.9. The Labute approximate surface area is 113 Å². The molecule has 1 aromatic heterocycles. The van der Waals surface area contributed by atoms with Crippen molar-refractivity contribution in [2.75, 3.05) is 18.0 Å². The van der Waals surface area contributed by atoms with Crippen LogP contribution in [0, 0.1) is 5.41 Å². The van der Waals surface area contributed by atoms with E-state index in [0.29, 0.717) is 5.41 Å². The maximum absolute atomic E-state index is 4.37. The molecule has 1 aliphatic carbocycles. The molecule has 1 saturated carbocycles. The van der Waals surface area contributed by atoms with Crippen molar-refractivity contribution < 1.29 is 0 Å². The summed E-state index contributed by atoms with van der Waals surface area (Å²) >= 11 is 0. The van der Waals surface area contributed by atoms with Gasteiger partial charge in [0.05, 0.1) is 6.20 Å². The summed E-state index contributed by atoms with van der Waals surface area (Å²) in [5.74, 6) is 1.79. The third-order valence-electron chi connectivity index (χ3n) is 4.56. The van der Waals surface area contributed by atoms with Crippen LogP contribution >= 0.6 is 0 Å². The molecule has 0 atom stereocenters. The molecule has 19 heavy (non-hydrogen) atoms. The topological polar surface area (TPSA) is 29.0 Å². The molecule has 2 aliphatic rings. The second-order valence-electron chi connectivity index (χ2n) is 5.94. The second kappa shape index (κ2) is 4.05. The van der Waals surface area contributed by atoms with Gasteiger partial charge in [0.2, 0.25) is 0 Å². The monoisotopic (exact) mass is 251 g/mol. The molecule has 0 N–H and O–H groups in total. The van der Waals surface area contributed by atoms with Crippen molar-refractivity contribution in [2.24, 2.45) is 5.41 Å². The Balaban J connectivity index is 1.38. The van der Waals surface area contributed by atoms with E-state index in [9.17, 15) is 0 Å². The minimum absolute atomic E-state index is 0.554. The molecule has 3 nitrogen and oxygen atoms in total. The molecule has 0 bridgehead atoms. The molecule has 4 rings (SSSR count). The van der Waals surface area contributed by atoms with Crippen LogP contribution in [-0.2, 0) is 0 Å². The number of nitrogens with zero attached hydrogens (tertiary/aromatic N) is 3. The highest BCUT2D eigenvalue weighted by Gasteiger charge is 2.52. The standard InChI is InChI=1S/C16H17N3/c1-2-4-13(5-3-1)14-8-16(9-14)11-19(12-16)15-10-17-6-7-18-15/h1-7,10,14H,8-9,11-12H2. The maximum Gasteiger partial charge on any atom is 0.147 e. The summed E-state index contributed by atoms with van der Waals surface area (Å²) < 4.78 is 0. The average molecular weight is 251 g/mol. The second-order valence-corrected chi connectivity index (χ2v) is 5.94. The third-order valence-corrected chi connectivity index (χ3v) is 4.56. The van der Waals surface area contributed by atoms with Crippen molar-refractivity contribution in [3.8, 4) is 0 Å². The van der Waals surface area contributed by atoms with Crippen LogP contribution in [-0.4, -0.2) is 23.1 Å². The van der Waals surface area contributed by atoms with Gasteiger partial charge in [-0.15, -0.1) is 0 Å². The van der Waals surface area contributed by atoms with Crippen LogP contribution in [0.5, 0.6) is 0 Å². The van der Waals surface area contributed by atoms with Gasteiger partial charge >= 0.3 is 0 Å². The minimum Gasteiger partial charge on any atom is -0.354 e. The Kier molecular flexibility index (Phi) is 2.34. The van der Waals surface area contributed by atoms with E-state index in [1.807, 2.05) is 6.20 Å². The normalized spacial score (nSPS) is 20.9. The van der Waals surface area contributed by atoms with E-state index < -0.39 is 0 Å². The lowest BCUT2D eigenvalue weighted by molar-refractivity contribution is 0.0627. The zero-order valence-corrected chi connectivity index (χ0v) is 10.9. The fraction of sp³-hybridized carbons (Fsp3) is 0.375. The molecular weight excluding hydrogens is 234 g/mol. The molecule has 1 spiro atoms. The molecule has 2 aromatic rings. The first kappa shape index (κ1) is 11.0. The summed E-state index contributed by atoms with van der Waals surface area (Å²) in [5.41, 5.74) is 2.06. The maximum atomic E-state index is 4.37.